The molecule has 0 heterocycles. The van der Waals surface area contributed by atoms with Gasteiger partial charge in [0.15, 0.2) is 16.6 Å². The zero-order chi connectivity index (χ0) is 45.7. The molecule has 340 valence electrons. The van der Waals surface area contributed by atoms with E-state index in [0.717, 1.165) is 25.7 Å². The van der Waals surface area contributed by atoms with Crippen molar-refractivity contribution in [2.45, 2.75) is 115 Å². The van der Waals surface area contributed by atoms with Gasteiger partial charge in [0, 0.05) is 21.1 Å². The molecule has 0 aliphatic heterocycles. The Hall–Kier alpha value is -3.66. The van der Waals surface area contributed by atoms with Crippen LogP contribution in [0.3, 0.4) is 0 Å². The van der Waals surface area contributed by atoms with E-state index in [1.807, 2.05) is 0 Å². The Morgan fingerprint density at radius 2 is 0.538 bits per heavy atom. The van der Waals surface area contributed by atoms with Crippen LogP contribution in [0.2, 0.25) is 39.3 Å². The van der Waals surface area contributed by atoms with Crippen LogP contribution >= 0.6 is 15.8 Å². The van der Waals surface area contributed by atoms with Gasteiger partial charge < -0.3 is 8.85 Å². The molecule has 0 bridgehead atoms. The predicted molar refractivity (Wildman–Crippen MR) is 288 cm³/mol. The molecule has 2 fully saturated rings. The van der Waals surface area contributed by atoms with Crippen LogP contribution in [0, 0.1) is 24.7 Å². The summed E-state index contributed by atoms with van der Waals surface area (Å²) in [4.78, 5) is 0. The van der Waals surface area contributed by atoms with Gasteiger partial charge >= 0.3 is 0 Å². The van der Waals surface area contributed by atoms with Gasteiger partial charge in [-0.2, -0.15) is 0 Å². The van der Waals surface area contributed by atoms with Crippen LogP contribution in [0.4, 0.5) is 0 Å². The molecule has 0 spiro atoms. The zero-order valence-electron chi connectivity index (χ0n) is 39.5. The van der Waals surface area contributed by atoms with E-state index in [4.69, 9.17) is 21.7 Å². The number of rotatable bonds is 10. The predicted octanol–water partition coefficient (Wildman–Crippen LogP) is 12.6. The van der Waals surface area contributed by atoms with Crippen molar-refractivity contribution in [3.05, 3.63) is 195 Å². The Balaban J connectivity index is 0.000000192. The number of hydrogen-bond acceptors (Lipinski definition) is 2. The van der Waals surface area contributed by atoms with Gasteiger partial charge in [0.05, 0.1) is 15.8 Å². The maximum absolute atomic E-state index is 7.37. The van der Waals surface area contributed by atoms with Crippen molar-refractivity contribution in [3.8, 4) is 11.8 Å². The van der Waals surface area contributed by atoms with Crippen molar-refractivity contribution in [1.82, 2.24) is 0 Å². The second kappa shape index (κ2) is 27.2. The van der Waals surface area contributed by atoms with Crippen molar-refractivity contribution in [2.24, 2.45) is 0 Å². The molecule has 2 aliphatic rings. The molecule has 2 aliphatic carbocycles. The summed E-state index contributed by atoms with van der Waals surface area (Å²) >= 11 is 0. The molecule has 6 aromatic carbocycles. The molecule has 0 amide bonds. The maximum atomic E-state index is 7.37. The third-order valence-corrected chi connectivity index (χ3v) is 18.6. The van der Waals surface area contributed by atoms with Crippen molar-refractivity contribution < 1.29 is 29.9 Å². The average Bonchev–Trinajstić information content (AvgIpc) is 3.32. The van der Waals surface area contributed by atoms with E-state index in [2.05, 4.69) is 233 Å². The molecule has 0 aromatic heterocycles. The molecular formula is C58H70O2P2PtSi2+2. The third-order valence-electron chi connectivity index (χ3n) is 11.2. The van der Waals surface area contributed by atoms with Gasteiger partial charge in [0.2, 0.25) is 0 Å². The van der Waals surface area contributed by atoms with Crippen LogP contribution in [0.15, 0.2) is 182 Å². The smallest absolute Gasteiger partial charge is 0.185 e. The Morgan fingerprint density at radius 3 is 0.692 bits per heavy atom. The minimum atomic E-state index is -1.52. The first-order chi connectivity index (χ1) is 30.8. The summed E-state index contributed by atoms with van der Waals surface area (Å²) in [5, 5.41) is 8.61. The van der Waals surface area contributed by atoms with Crippen LogP contribution in [-0.4, -0.2) is 27.8 Å². The summed E-state index contributed by atoms with van der Waals surface area (Å²) in [7, 11) is -4.80. The van der Waals surface area contributed by atoms with Crippen LogP contribution in [0.5, 0.6) is 0 Å². The first-order valence-electron chi connectivity index (χ1n) is 23.2. The SMILES string of the molecule is [C]#CC1(O[Si](C)(C)C)CCCCC1.[C]#CC1(O[Si](C)(C)C)CCCCC1.[Pt].c1ccc([PH+](c2ccccc2)c2ccccc2)cc1.c1ccc([PH+](c2ccccc2)c2ccccc2)cc1. The van der Waals surface area contributed by atoms with Crippen molar-refractivity contribution >= 4 is 64.3 Å². The van der Waals surface area contributed by atoms with Gasteiger partial charge in [-0.25, -0.2) is 0 Å². The van der Waals surface area contributed by atoms with Gasteiger partial charge in [0.1, 0.15) is 43.0 Å². The molecular weight excluding hydrogens is 1040 g/mol. The van der Waals surface area contributed by atoms with E-state index < -0.39 is 32.5 Å². The van der Waals surface area contributed by atoms with Crippen molar-refractivity contribution in [2.75, 3.05) is 0 Å². The molecule has 7 heteroatoms. The second-order valence-electron chi connectivity index (χ2n) is 18.7. The zero-order valence-corrected chi connectivity index (χ0v) is 45.8. The summed E-state index contributed by atoms with van der Waals surface area (Å²) in [6, 6.07) is 65.0. The summed E-state index contributed by atoms with van der Waals surface area (Å²) in [6.45, 7) is 13.1. The minimum absolute atomic E-state index is 0. The van der Waals surface area contributed by atoms with Crippen LogP contribution in [0.1, 0.15) is 64.2 Å². The van der Waals surface area contributed by atoms with Crippen LogP contribution in [-0.2, 0) is 29.9 Å². The van der Waals surface area contributed by atoms with Crippen molar-refractivity contribution in [3.63, 3.8) is 0 Å². The fourth-order valence-corrected chi connectivity index (χ4v) is 16.6. The molecule has 2 radical (unpaired) electrons. The molecule has 0 atom stereocenters. The Bertz CT molecular complexity index is 1920. The number of hydrogen-bond donors (Lipinski definition) is 0. The second-order valence-corrected chi connectivity index (χ2v) is 32.6. The minimum Gasteiger partial charge on any atom is -0.401 e. The van der Waals surface area contributed by atoms with E-state index in [1.54, 1.807) is 0 Å². The largest absolute Gasteiger partial charge is 0.401 e. The molecule has 0 unspecified atom stereocenters. The molecule has 0 saturated heterocycles. The number of benzene rings is 6. The summed E-state index contributed by atoms with van der Waals surface area (Å²) < 4.78 is 12.1. The fourth-order valence-electron chi connectivity index (χ4n) is 8.55. The molecule has 2 nitrogen and oxygen atoms in total. The van der Waals surface area contributed by atoms with E-state index in [-0.39, 0.29) is 32.3 Å². The molecule has 8 rings (SSSR count). The third kappa shape index (κ3) is 18.2. The van der Waals surface area contributed by atoms with E-state index in [0.29, 0.717) is 0 Å². The average molecular weight is 1110 g/mol. The van der Waals surface area contributed by atoms with E-state index in [1.165, 1.54) is 70.4 Å². The first kappa shape index (κ1) is 54.0. The van der Waals surface area contributed by atoms with Gasteiger partial charge in [-0.05, 0) is 176 Å². The maximum Gasteiger partial charge on any atom is 0.185 e. The fraction of sp³-hybridized carbons (Fsp3) is 0.310. The van der Waals surface area contributed by atoms with Gasteiger partial charge in [0.25, 0.3) is 0 Å². The summed E-state index contributed by atoms with van der Waals surface area (Å²) in [6.07, 6.45) is 26.1. The van der Waals surface area contributed by atoms with Gasteiger partial charge in [-0.3, -0.25) is 0 Å². The van der Waals surface area contributed by atoms with E-state index in [9.17, 15) is 0 Å². The Morgan fingerprint density at radius 1 is 0.354 bits per heavy atom. The summed E-state index contributed by atoms with van der Waals surface area (Å²) in [5.74, 6) is 5.27. The standard InChI is InChI=1S/2C18H15P.2C11H19OSi.Pt/c2*1-4-10-16(11-5-1)19(17-12-6-2-7-13-17)18-14-8-3-9-15-18;2*1-5-11(12-13(2,3)4)9-7-6-8-10-11;/h2*1-15H;2*6-10H2,2-4H3;/p+2. The molecule has 2 saturated carbocycles. The quantitative estimate of drug-likeness (QED) is 0.0773. The Kier molecular flexibility index (Phi) is 22.6. The van der Waals surface area contributed by atoms with Crippen LogP contribution in [0.25, 0.3) is 0 Å². The molecule has 6 aromatic rings. The van der Waals surface area contributed by atoms with Crippen molar-refractivity contribution in [1.29, 1.82) is 0 Å². The van der Waals surface area contributed by atoms with E-state index >= 15 is 0 Å². The first-order valence-corrected chi connectivity index (χ1v) is 33.0. The normalized spacial score (nSPS) is 15.1. The van der Waals surface area contributed by atoms with Gasteiger partial charge in [-0.1, -0.05) is 134 Å². The Labute approximate surface area is 412 Å². The van der Waals surface area contributed by atoms with Gasteiger partial charge in [-0.15, -0.1) is 0 Å². The molecule has 0 N–H and O–H groups in total. The monoisotopic (exact) mass is 1110 g/mol. The summed E-state index contributed by atoms with van der Waals surface area (Å²) in [5.41, 5.74) is -0.633. The topological polar surface area (TPSA) is 18.5 Å². The van der Waals surface area contributed by atoms with Crippen LogP contribution < -0.4 is 31.8 Å². The molecule has 65 heavy (non-hydrogen) atoms.